The monoisotopic (exact) mass is 442 g/mol. The smallest absolute Gasteiger partial charge is 0.282 e. The number of carbonyl (C=O) groups is 1. The van der Waals surface area contributed by atoms with Crippen LogP contribution >= 0.6 is 15.9 Å². The Labute approximate surface area is 152 Å². The van der Waals surface area contributed by atoms with Crippen LogP contribution in [0.1, 0.15) is 10.4 Å². The van der Waals surface area contributed by atoms with Gasteiger partial charge in [0.1, 0.15) is 12.9 Å². The minimum absolute atomic E-state index is 0.371. The number of alkyl halides is 3. The molecule has 1 aliphatic rings. The van der Waals surface area contributed by atoms with E-state index in [-0.39, 0.29) is 0 Å². The zero-order chi connectivity index (χ0) is 19.2. The van der Waals surface area contributed by atoms with Crippen LogP contribution in [0.4, 0.5) is 17.6 Å². The second kappa shape index (κ2) is 6.71. The molecule has 0 saturated carbocycles. The average molecular weight is 443 g/mol. The number of rotatable bonds is 4. The highest BCUT2D eigenvalue weighted by atomic mass is 79.9. The molecule has 0 aromatic heterocycles. The third-order valence-electron chi connectivity index (χ3n) is 3.33. The fourth-order valence-corrected chi connectivity index (χ4v) is 3.64. The summed E-state index contributed by atoms with van der Waals surface area (Å²) in [6.45, 7) is 0. The molecule has 0 spiro atoms. The van der Waals surface area contributed by atoms with Gasteiger partial charge in [-0.3, -0.25) is 4.79 Å². The lowest BCUT2D eigenvalue weighted by Crippen LogP contribution is -2.46. The first-order valence-electron chi connectivity index (χ1n) is 6.74. The predicted molar refractivity (Wildman–Crippen MR) is 88.0 cm³/mol. The van der Waals surface area contributed by atoms with E-state index in [1.54, 1.807) is 0 Å². The van der Waals surface area contributed by atoms with Crippen molar-refractivity contribution in [2.45, 2.75) is 6.18 Å². The zero-order valence-corrected chi connectivity index (χ0v) is 15.7. The second-order valence-corrected chi connectivity index (χ2v) is 8.21. The Morgan fingerprint density at radius 2 is 1.92 bits per heavy atom. The first-order valence-corrected chi connectivity index (χ1v) is 8.59. The van der Waals surface area contributed by atoms with E-state index in [0.29, 0.717) is 10.5 Å². The van der Waals surface area contributed by atoms with Gasteiger partial charge < -0.3 is 0 Å². The number of halogens is 5. The number of Topliss-reactive ketones (excluding diaryl/α,β-unsaturated/α-hetero) is 1. The van der Waals surface area contributed by atoms with E-state index < -0.39 is 49.9 Å². The van der Waals surface area contributed by atoms with Crippen molar-refractivity contribution in [2.75, 3.05) is 21.1 Å². The van der Waals surface area contributed by atoms with Crippen molar-refractivity contribution in [3.8, 4) is 0 Å². The third-order valence-corrected chi connectivity index (χ3v) is 5.34. The molecule has 2 unspecified atom stereocenters. The van der Waals surface area contributed by atoms with Crippen LogP contribution < -0.4 is 0 Å². The van der Waals surface area contributed by atoms with Crippen LogP contribution in [-0.2, 0) is 11.2 Å². The summed E-state index contributed by atoms with van der Waals surface area (Å²) >= 11 is 0.933. The van der Waals surface area contributed by atoms with E-state index >= 15 is 0 Å². The molecule has 136 valence electrons. The topological polar surface area (TPSA) is 49.7 Å². The summed E-state index contributed by atoms with van der Waals surface area (Å²) in [6.07, 6.45) is -4.34. The fourth-order valence-electron chi connectivity index (χ4n) is 2.18. The SMILES string of the molecule is CN(C)S(=O)[N+]1(C)N=C(C(F)(F)F)C=C1C(=O)c1cc(Br)ccc1F. The minimum atomic E-state index is -4.84. The van der Waals surface area contributed by atoms with Gasteiger partial charge in [0.25, 0.3) is 5.78 Å². The molecule has 0 radical (unpaired) electrons. The average Bonchev–Trinajstić information content (AvgIpc) is 2.87. The van der Waals surface area contributed by atoms with E-state index in [0.717, 1.165) is 23.5 Å². The summed E-state index contributed by atoms with van der Waals surface area (Å²) in [4.78, 5) is 12.7. The molecule has 2 atom stereocenters. The largest absolute Gasteiger partial charge is 0.438 e. The molecular weight excluding hydrogens is 430 g/mol. The lowest BCUT2D eigenvalue weighted by atomic mass is 10.1. The maximum atomic E-state index is 14.0. The zero-order valence-electron chi connectivity index (χ0n) is 13.3. The maximum absolute atomic E-state index is 14.0. The molecule has 0 bridgehead atoms. The highest BCUT2D eigenvalue weighted by molar-refractivity contribution is 9.10. The molecule has 1 aromatic rings. The van der Waals surface area contributed by atoms with Gasteiger partial charge in [-0.1, -0.05) is 25.0 Å². The Morgan fingerprint density at radius 3 is 2.44 bits per heavy atom. The van der Waals surface area contributed by atoms with Gasteiger partial charge >= 0.3 is 17.3 Å². The van der Waals surface area contributed by atoms with E-state index in [9.17, 15) is 26.6 Å². The maximum Gasteiger partial charge on any atom is 0.438 e. The van der Waals surface area contributed by atoms with Crippen LogP contribution in [0.2, 0.25) is 0 Å². The normalized spacial score (nSPS) is 22.0. The lowest BCUT2D eigenvalue weighted by Gasteiger charge is -2.25. The molecule has 0 fully saturated rings. The van der Waals surface area contributed by atoms with Crippen molar-refractivity contribution >= 4 is 38.6 Å². The highest BCUT2D eigenvalue weighted by Crippen LogP contribution is 2.34. The summed E-state index contributed by atoms with van der Waals surface area (Å²) < 4.78 is 66.0. The molecule has 1 aromatic carbocycles. The molecule has 11 heteroatoms. The number of quaternary nitrogens is 1. The molecule has 1 aliphatic heterocycles. The molecule has 0 N–H and O–H groups in total. The molecule has 0 aliphatic carbocycles. The molecule has 2 rings (SSSR count). The van der Waals surface area contributed by atoms with Crippen LogP contribution in [0.25, 0.3) is 0 Å². The summed E-state index contributed by atoms with van der Waals surface area (Å²) in [5.41, 5.74) is -2.35. The van der Waals surface area contributed by atoms with Crippen molar-refractivity contribution in [3.63, 3.8) is 0 Å². The van der Waals surface area contributed by atoms with Gasteiger partial charge in [-0.25, -0.2) is 4.39 Å². The predicted octanol–water partition coefficient (Wildman–Crippen LogP) is 3.17. The van der Waals surface area contributed by atoms with Crippen molar-refractivity contribution in [1.82, 2.24) is 4.31 Å². The van der Waals surface area contributed by atoms with Crippen LogP contribution in [0.15, 0.2) is 39.5 Å². The Bertz CT molecular complexity index is 823. The molecular formula is C14H13BrF4N3O2S+. The van der Waals surface area contributed by atoms with Gasteiger partial charge in [0.15, 0.2) is 0 Å². The number of carbonyl (C=O) groups excluding carboxylic acids is 1. The van der Waals surface area contributed by atoms with Crippen LogP contribution in [0.3, 0.4) is 0 Å². The van der Waals surface area contributed by atoms with Crippen LogP contribution in [-0.4, -0.2) is 51.3 Å². The second-order valence-electron chi connectivity index (χ2n) is 5.39. The summed E-state index contributed by atoms with van der Waals surface area (Å²) in [5, 5.41) is 3.43. The summed E-state index contributed by atoms with van der Waals surface area (Å²) in [5.74, 6) is -1.93. The lowest BCUT2D eigenvalue weighted by molar-refractivity contribution is -0.739. The Kier molecular flexibility index (Phi) is 5.34. The Morgan fingerprint density at radius 1 is 1.32 bits per heavy atom. The van der Waals surface area contributed by atoms with E-state index in [2.05, 4.69) is 21.0 Å². The molecule has 1 heterocycles. The highest BCUT2D eigenvalue weighted by Gasteiger charge is 2.52. The summed E-state index contributed by atoms with van der Waals surface area (Å²) in [6, 6.07) is 3.50. The standard InChI is InChI=1S/C14H13BrF4N3O2S/c1-21(2)25(24)22(3)11(7-12(20-22)14(17,18)19)13(23)9-6-8(15)4-5-10(9)16/h4-7H,1-3H3/q+1. The van der Waals surface area contributed by atoms with E-state index in [1.165, 1.54) is 20.2 Å². The number of benzene rings is 1. The third kappa shape index (κ3) is 3.73. The van der Waals surface area contributed by atoms with Crippen molar-refractivity contribution in [3.05, 3.63) is 45.8 Å². The van der Waals surface area contributed by atoms with Crippen LogP contribution in [0, 0.1) is 5.82 Å². The van der Waals surface area contributed by atoms with Gasteiger partial charge in [0.2, 0.25) is 11.4 Å². The molecule has 0 saturated heterocycles. The van der Waals surface area contributed by atoms with Gasteiger partial charge in [0.05, 0.1) is 5.56 Å². The van der Waals surface area contributed by atoms with Gasteiger partial charge in [-0.15, -0.1) is 0 Å². The first-order chi connectivity index (χ1) is 11.4. The molecule has 0 amide bonds. The van der Waals surface area contributed by atoms with Gasteiger partial charge in [0, 0.05) is 24.6 Å². The van der Waals surface area contributed by atoms with E-state index in [1.807, 2.05) is 0 Å². The number of ketones is 1. The molecule has 5 nitrogen and oxygen atoms in total. The number of nitrogens with zero attached hydrogens (tertiary/aromatic N) is 3. The number of likely N-dealkylation sites (N-methyl/N-ethyl adjacent to an activating group) is 1. The summed E-state index contributed by atoms with van der Waals surface area (Å²) in [7, 11) is 3.82. The van der Waals surface area contributed by atoms with Crippen molar-refractivity contribution in [2.24, 2.45) is 5.10 Å². The first kappa shape index (κ1) is 19.9. The number of hydrogen-bond donors (Lipinski definition) is 0. The van der Waals surface area contributed by atoms with Crippen molar-refractivity contribution in [1.29, 1.82) is 0 Å². The van der Waals surface area contributed by atoms with Gasteiger partial charge in [-0.2, -0.15) is 21.7 Å². The van der Waals surface area contributed by atoms with Gasteiger partial charge in [-0.05, 0) is 18.2 Å². The number of allylic oxidation sites excluding steroid dienone is 2. The minimum Gasteiger partial charge on any atom is -0.282 e. The molecule has 25 heavy (non-hydrogen) atoms. The van der Waals surface area contributed by atoms with Crippen LogP contribution in [0.5, 0.6) is 0 Å². The van der Waals surface area contributed by atoms with E-state index in [4.69, 9.17) is 0 Å². The Hall–Kier alpha value is -1.43. The fraction of sp³-hybridized carbons (Fsp3) is 0.286. The quantitative estimate of drug-likeness (QED) is 0.408. The number of hydrogen-bond acceptors (Lipinski definition) is 3. The Balaban J connectivity index is 2.62. The van der Waals surface area contributed by atoms with Crippen molar-refractivity contribution < 1.29 is 30.6 Å².